The molecule has 1 heterocycles. The maximum atomic E-state index is 12.1. The van der Waals surface area contributed by atoms with Crippen LogP contribution in [0.1, 0.15) is 25.3 Å². The first-order chi connectivity index (χ1) is 9.63. The molecule has 1 N–H and O–H groups in total. The average molecular weight is 272 g/mol. The van der Waals surface area contributed by atoms with Crippen LogP contribution >= 0.6 is 0 Å². The molecular formula is C16H20N2O2. The van der Waals surface area contributed by atoms with Gasteiger partial charge in [-0.3, -0.25) is 4.79 Å². The predicted octanol–water partition coefficient (Wildman–Crippen LogP) is 2.05. The number of benzene rings is 1. The van der Waals surface area contributed by atoms with Crippen LogP contribution in [-0.4, -0.2) is 24.7 Å². The predicted molar refractivity (Wildman–Crippen MR) is 75.8 cm³/mol. The summed E-state index contributed by atoms with van der Waals surface area (Å²) in [7, 11) is 0. The molecule has 1 fully saturated rings. The van der Waals surface area contributed by atoms with Gasteiger partial charge in [0.1, 0.15) is 5.92 Å². The number of nitriles is 1. The van der Waals surface area contributed by atoms with E-state index in [4.69, 9.17) is 4.74 Å². The van der Waals surface area contributed by atoms with Gasteiger partial charge < -0.3 is 10.1 Å². The first-order valence-electron chi connectivity index (χ1n) is 6.98. The van der Waals surface area contributed by atoms with E-state index in [-0.39, 0.29) is 11.5 Å². The van der Waals surface area contributed by atoms with Gasteiger partial charge in [0.2, 0.25) is 5.91 Å². The van der Waals surface area contributed by atoms with E-state index in [0.717, 1.165) is 25.0 Å². The molecule has 1 saturated heterocycles. The molecular weight excluding hydrogens is 252 g/mol. The second-order valence-corrected chi connectivity index (χ2v) is 5.49. The topological polar surface area (TPSA) is 62.1 Å². The molecule has 1 aliphatic heterocycles. The van der Waals surface area contributed by atoms with Crippen molar-refractivity contribution in [2.75, 3.05) is 13.2 Å². The minimum atomic E-state index is -0.651. The molecule has 0 spiro atoms. The Labute approximate surface area is 119 Å². The number of carbonyl (C=O) groups excluding carboxylic acids is 1. The SMILES string of the molecule is CC1(CNC(=O)C(C#N)Cc2ccccc2)CCCO1. The summed E-state index contributed by atoms with van der Waals surface area (Å²) < 4.78 is 5.62. The van der Waals surface area contributed by atoms with Crippen molar-refractivity contribution in [3.8, 4) is 6.07 Å². The molecule has 20 heavy (non-hydrogen) atoms. The summed E-state index contributed by atoms with van der Waals surface area (Å²) in [5.41, 5.74) is 0.722. The number of nitrogens with one attached hydrogen (secondary N) is 1. The number of ether oxygens (including phenoxy) is 1. The normalized spacial score (nSPS) is 23.0. The highest BCUT2D eigenvalue weighted by Gasteiger charge is 2.31. The third-order valence-corrected chi connectivity index (χ3v) is 3.69. The Morgan fingerprint density at radius 1 is 1.50 bits per heavy atom. The molecule has 0 aromatic heterocycles. The van der Waals surface area contributed by atoms with Gasteiger partial charge in [-0.25, -0.2) is 0 Å². The van der Waals surface area contributed by atoms with E-state index >= 15 is 0 Å². The molecule has 106 valence electrons. The van der Waals surface area contributed by atoms with Gasteiger partial charge >= 0.3 is 0 Å². The molecule has 4 nitrogen and oxygen atoms in total. The Balaban J connectivity index is 1.88. The monoisotopic (exact) mass is 272 g/mol. The maximum absolute atomic E-state index is 12.1. The van der Waals surface area contributed by atoms with Crippen LogP contribution in [0.3, 0.4) is 0 Å². The Morgan fingerprint density at radius 3 is 2.85 bits per heavy atom. The zero-order chi connectivity index (χ0) is 14.4. The summed E-state index contributed by atoms with van der Waals surface area (Å²) in [6, 6.07) is 11.7. The van der Waals surface area contributed by atoms with Crippen molar-refractivity contribution in [2.24, 2.45) is 5.92 Å². The summed E-state index contributed by atoms with van der Waals surface area (Å²) in [5, 5.41) is 12.0. The summed E-state index contributed by atoms with van der Waals surface area (Å²) in [6.07, 6.45) is 2.42. The number of amides is 1. The largest absolute Gasteiger partial charge is 0.373 e. The van der Waals surface area contributed by atoms with Gasteiger partial charge in [0.05, 0.1) is 11.7 Å². The molecule has 0 aliphatic carbocycles. The van der Waals surface area contributed by atoms with Gasteiger partial charge in [-0.1, -0.05) is 30.3 Å². The van der Waals surface area contributed by atoms with Gasteiger partial charge in [-0.15, -0.1) is 0 Å². The van der Waals surface area contributed by atoms with Crippen LogP contribution in [-0.2, 0) is 16.0 Å². The highest BCUT2D eigenvalue weighted by molar-refractivity contribution is 5.81. The minimum Gasteiger partial charge on any atom is -0.373 e. The molecule has 2 unspecified atom stereocenters. The Hall–Kier alpha value is -1.86. The molecule has 2 rings (SSSR count). The van der Waals surface area contributed by atoms with E-state index in [9.17, 15) is 10.1 Å². The Bertz CT molecular complexity index is 487. The van der Waals surface area contributed by atoms with Crippen LogP contribution in [0.15, 0.2) is 30.3 Å². The van der Waals surface area contributed by atoms with Crippen molar-refractivity contribution >= 4 is 5.91 Å². The summed E-state index contributed by atoms with van der Waals surface area (Å²) in [4.78, 5) is 12.1. The maximum Gasteiger partial charge on any atom is 0.237 e. The standard InChI is InChI=1S/C16H20N2O2/c1-16(8-5-9-20-16)12-18-15(19)14(11-17)10-13-6-3-2-4-7-13/h2-4,6-7,14H,5,8-10,12H2,1H3,(H,18,19). The molecule has 1 amide bonds. The van der Waals surface area contributed by atoms with Crippen LogP contribution in [0.25, 0.3) is 0 Å². The van der Waals surface area contributed by atoms with Gasteiger partial charge in [0.15, 0.2) is 0 Å². The number of carbonyl (C=O) groups is 1. The van der Waals surface area contributed by atoms with Crippen LogP contribution in [0, 0.1) is 17.2 Å². The fraction of sp³-hybridized carbons (Fsp3) is 0.500. The van der Waals surface area contributed by atoms with Crippen molar-refractivity contribution in [2.45, 2.75) is 31.8 Å². The lowest BCUT2D eigenvalue weighted by atomic mass is 9.98. The van der Waals surface area contributed by atoms with E-state index in [0.29, 0.717) is 13.0 Å². The van der Waals surface area contributed by atoms with Crippen molar-refractivity contribution in [3.05, 3.63) is 35.9 Å². The highest BCUT2D eigenvalue weighted by Crippen LogP contribution is 2.24. The van der Waals surface area contributed by atoms with Crippen molar-refractivity contribution in [1.82, 2.24) is 5.32 Å². The molecule has 0 saturated carbocycles. The van der Waals surface area contributed by atoms with Gasteiger partial charge in [-0.2, -0.15) is 5.26 Å². The van der Waals surface area contributed by atoms with Crippen LogP contribution < -0.4 is 5.32 Å². The van der Waals surface area contributed by atoms with Crippen LogP contribution in [0.2, 0.25) is 0 Å². The van der Waals surface area contributed by atoms with Gasteiger partial charge in [0.25, 0.3) is 0 Å². The smallest absolute Gasteiger partial charge is 0.237 e. The zero-order valence-corrected chi connectivity index (χ0v) is 11.8. The second-order valence-electron chi connectivity index (χ2n) is 5.49. The van der Waals surface area contributed by atoms with E-state index in [1.54, 1.807) is 0 Å². The number of rotatable bonds is 5. The Morgan fingerprint density at radius 2 is 2.25 bits per heavy atom. The van der Waals surface area contributed by atoms with Crippen molar-refractivity contribution in [1.29, 1.82) is 5.26 Å². The highest BCUT2D eigenvalue weighted by atomic mass is 16.5. The lowest BCUT2D eigenvalue weighted by molar-refractivity contribution is -0.124. The number of nitrogens with zero attached hydrogens (tertiary/aromatic N) is 1. The fourth-order valence-corrected chi connectivity index (χ4v) is 2.42. The average Bonchev–Trinajstić information content (AvgIpc) is 2.91. The molecule has 0 radical (unpaired) electrons. The summed E-state index contributed by atoms with van der Waals surface area (Å²) in [6.45, 7) is 3.22. The zero-order valence-electron chi connectivity index (χ0n) is 11.8. The molecule has 1 aliphatic rings. The number of hydrogen-bond donors (Lipinski definition) is 1. The molecule has 2 atom stereocenters. The summed E-state index contributed by atoms with van der Waals surface area (Å²) in [5.74, 6) is -0.865. The van der Waals surface area contributed by atoms with Gasteiger partial charge in [0, 0.05) is 13.2 Å². The van der Waals surface area contributed by atoms with Crippen molar-refractivity contribution < 1.29 is 9.53 Å². The third-order valence-electron chi connectivity index (χ3n) is 3.69. The molecule has 1 aromatic rings. The number of hydrogen-bond acceptors (Lipinski definition) is 3. The second kappa shape index (κ2) is 6.53. The third kappa shape index (κ3) is 3.82. The van der Waals surface area contributed by atoms with Crippen LogP contribution in [0.4, 0.5) is 0 Å². The fourth-order valence-electron chi connectivity index (χ4n) is 2.42. The summed E-state index contributed by atoms with van der Waals surface area (Å²) >= 11 is 0. The van der Waals surface area contributed by atoms with E-state index in [1.807, 2.05) is 37.3 Å². The first-order valence-corrected chi connectivity index (χ1v) is 6.98. The molecule has 1 aromatic carbocycles. The lowest BCUT2D eigenvalue weighted by Gasteiger charge is -2.24. The van der Waals surface area contributed by atoms with E-state index < -0.39 is 5.92 Å². The lowest BCUT2D eigenvalue weighted by Crippen LogP contribution is -2.42. The van der Waals surface area contributed by atoms with Crippen molar-refractivity contribution in [3.63, 3.8) is 0 Å². The van der Waals surface area contributed by atoms with E-state index in [2.05, 4.69) is 11.4 Å². The van der Waals surface area contributed by atoms with Crippen LogP contribution in [0.5, 0.6) is 0 Å². The molecule has 4 heteroatoms. The quantitative estimate of drug-likeness (QED) is 0.892. The molecule has 0 bridgehead atoms. The Kier molecular flexibility index (Phi) is 4.75. The van der Waals surface area contributed by atoms with Gasteiger partial charge in [-0.05, 0) is 31.7 Å². The van der Waals surface area contributed by atoms with E-state index in [1.165, 1.54) is 0 Å². The minimum absolute atomic E-state index is 0.215. The first kappa shape index (κ1) is 14.5.